The van der Waals surface area contributed by atoms with Crippen molar-refractivity contribution in [2.24, 2.45) is 0 Å². The summed E-state index contributed by atoms with van der Waals surface area (Å²) >= 11 is 0. The van der Waals surface area contributed by atoms with Gasteiger partial charge in [0, 0.05) is 32.4 Å². The van der Waals surface area contributed by atoms with Crippen LogP contribution in [0, 0.1) is 0 Å². The number of hydrogen-bond donors (Lipinski definition) is 1. The average molecular weight is 265 g/mol. The number of rotatable bonds is 9. The predicted molar refractivity (Wildman–Crippen MR) is 79.0 cm³/mol. The molecule has 0 aliphatic heterocycles. The van der Waals surface area contributed by atoms with Crippen LogP contribution in [0.1, 0.15) is 32.0 Å². The summed E-state index contributed by atoms with van der Waals surface area (Å²) in [7, 11) is 1.75. The standard InChI is InChI=1S/C15H27N3O/c1-5-16-9-14-7-8-15(17-10-14)11-18(6-2)13(3)12-19-4/h7-8,10,13,16H,5-6,9,11-12H2,1-4H3. The van der Waals surface area contributed by atoms with Crippen LogP contribution in [0.3, 0.4) is 0 Å². The molecule has 1 aromatic heterocycles. The van der Waals surface area contributed by atoms with Gasteiger partial charge in [0.25, 0.3) is 0 Å². The summed E-state index contributed by atoms with van der Waals surface area (Å²) in [6, 6.07) is 4.69. The molecule has 0 spiro atoms. The maximum absolute atomic E-state index is 5.22. The highest BCUT2D eigenvalue weighted by Gasteiger charge is 2.12. The Morgan fingerprint density at radius 1 is 1.37 bits per heavy atom. The molecular weight excluding hydrogens is 238 g/mol. The number of likely N-dealkylation sites (N-methyl/N-ethyl adjacent to an activating group) is 1. The Morgan fingerprint density at radius 3 is 2.68 bits per heavy atom. The van der Waals surface area contributed by atoms with Gasteiger partial charge in [0.1, 0.15) is 0 Å². The number of hydrogen-bond acceptors (Lipinski definition) is 4. The molecule has 4 nitrogen and oxygen atoms in total. The summed E-state index contributed by atoms with van der Waals surface area (Å²) in [5.41, 5.74) is 2.35. The normalized spacial score (nSPS) is 12.9. The minimum absolute atomic E-state index is 0.415. The Labute approximate surface area is 117 Å². The first kappa shape index (κ1) is 16.1. The van der Waals surface area contributed by atoms with Gasteiger partial charge in [-0.25, -0.2) is 0 Å². The fraction of sp³-hybridized carbons (Fsp3) is 0.667. The molecule has 0 saturated carbocycles. The number of ether oxygens (including phenoxy) is 1. The van der Waals surface area contributed by atoms with Gasteiger partial charge >= 0.3 is 0 Å². The van der Waals surface area contributed by atoms with Crippen molar-refractivity contribution in [1.29, 1.82) is 0 Å². The lowest BCUT2D eigenvalue weighted by molar-refractivity contribution is 0.0974. The second kappa shape index (κ2) is 9.02. The van der Waals surface area contributed by atoms with Crippen LogP contribution in [0.5, 0.6) is 0 Å². The average Bonchev–Trinajstić information content (AvgIpc) is 2.44. The van der Waals surface area contributed by atoms with E-state index in [0.717, 1.165) is 38.5 Å². The van der Waals surface area contributed by atoms with E-state index in [2.05, 4.69) is 48.1 Å². The van der Waals surface area contributed by atoms with E-state index < -0.39 is 0 Å². The molecule has 108 valence electrons. The maximum atomic E-state index is 5.22. The van der Waals surface area contributed by atoms with Crippen LogP contribution >= 0.6 is 0 Å². The Bertz CT molecular complexity index is 340. The van der Waals surface area contributed by atoms with Gasteiger partial charge in [-0.15, -0.1) is 0 Å². The smallest absolute Gasteiger partial charge is 0.0615 e. The first-order chi connectivity index (χ1) is 9.21. The van der Waals surface area contributed by atoms with Gasteiger partial charge in [-0.05, 0) is 31.6 Å². The molecule has 0 radical (unpaired) electrons. The van der Waals surface area contributed by atoms with E-state index in [0.29, 0.717) is 6.04 Å². The van der Waals surface area contributed by atoms with Crippen molar-refractivity contribution in [2.75, 3.05) is 26.8 Å². The molecule has 0 saturated heterocycles. The first-order valence-corrected chi connectivity index (χ1v) is 7.08. The lowest BCUT2D eigenvalue weighted by Gasteiger charge is -2.26. The fourth-order valence-electron chi connectivity index (χ4n) is 2.06. The zero-order valence-electron chi connectivity index (χ0n) is 12.6. The van der Waals surface area contributed by atoms with E-state index in [9.17, 15) is 0 Å². The summed E-state index contributed by atoms with van der Waals surface area (Å²) in [4.78, 5) is 6.91. The third-order valence-electron chi connectivity index (χ3n) is 3.27. The summed E-state index contributed by atoms with van der Waals surface area (Å²) < 4.78 is 5.22. The molecule has 1 aromatic rings. The highest BCUT2D eigenvalue weighted by Crippen LogP contribution is 2.07. The molecule has 0 amide bonds. The molecule has 1 heterocycles. The van der Waals surface area contributed by atoms with Gasteiger partial charge in [-0.2, -0.15) is 0 Å². The zero-order valence-corrected chi connectivity index (χ0v) is 12.6. The minimum atomic E-state index is 0.415. The van der Waals surface area contributed by atoms with E-state index in [-0.39, 0.29) is 0 Å². The van der Waals surface area contributed by atoms with Crippen molar-refractivity contribution in [1.82, 2.24) is 15.2 Å². The molecule has 0 bridgehead atoms. The number of nitrogens with one attached hydrogen (secondary N) is 1. The van der Waals surface area contributed by atoms with Crippen LogP contribution in [0.25, 0.3) is 0 Å². The highest BCUT2D eigenvalue weighted by molar-refractivity contribution is 5.14. The van der Waals surface area contributed by atoms with Crippen molar-refractivity contribution >= 4 is 0 Å². The van der Waals surface area contributed by atoms with E-state index in [1.165, 1.54) is 5.56 Å². The van der Waals surface area contributed by atoms with Crippen LogP contribution in [-0.2, 0) is 17.8 Å². The van der Waals surface area contributed by atoms with Gasteiger partial charge in [-0.1, -0.05) is 19.9 Å². The molecule has 19 heavy (non-hydrogen) atoms. The Kier molecular flexibility index (Phi) is 7.63. The van der Waals surface area contributed by atoms with Crippen molar-refractivity contribution < 1.29 is 4.74 Å². The molecule has 4 heteroatoms. The highest BCUT2D eigenvalue weighted by atomic mass is 16.5. The lowest BCUT2D eigenvalue weighted by Crippen LogP contribution is -2.35. The van der Waals surface area contributed by atoms with Gasteiger partial charge in [0.05, 0.1) is 12.3 Å². The molecule has 1 atom stereocenters. The van der Waals surface area contributed by atoms with Crippen LogP contribution in [-0.4, -0.2) is 42.7 Å². The van der Waals surface area contributed by atoms with E-state index in [1.54, 1.807) is 7.11 Å². The monoisotopic (exact) mass is 265 g/mol. The van der Waals surface area contributed by atoms with Gasteiger partial charge in [-0.3, -0.25) is 9.88 Å². The van der Waals surface area contributed by atoms with Crippen molar-refractivity contribution in [3.05, 3.63) is 29.6 Å². The number of methoxy groups -OCH3 is 1. The van der Waals surface area contributed by atoms with Crippen LogP contribution in [0.15, 0.2) is 18.3 Å². The van der Waals surface area contributed by atoms with Crippen molar-refractivity contribution in [3.8, 4) is 0 Å². The summed E-state index contributed by atoms with van der Waals surface area (Å²) in [6.45, 7) is 11.0. The first-order valence-electron chi connectivity index (χ1n) is 7.08. The second-order valence-electron chi connectivity index (χ2n) is 4.81. The van der Waals surface area contributed by atoms with Gasteiger partial charge in [0.15, 0.2) is 0 Å². The Morgan fingerprint density at radius 2 is 2.16 bits per heavy atom. The van der Waals surface area contributed by atoms with Crippen LogP contribution in [0.4, 0.5) is 0 Å². The lowest BCUT2D eigenvalue weighted by atomic mass is 10.2. The van der Waals surface area contributed by atoms with Crippen LogP contribution < -0.4 is 5.32 Å². The predicted octanol–water partition coefficient (Wildman–Crippen LogP) is 2.05. The van der Waals surface area contributed by atoms with Crippen molar-refractivity contribution in [2.45, 2.75) is 39.9 Å². The van der Waals surface area contributed by atoms with Crippen LogP contribution in [0.2, 0.25) is 0 Å². The number of nitrogens with zero attached hydrogens (tertiary/aromatic N) is 2. The SMILES string of the molecule is CCNCc1ccc(CN(CC)C(C)COC)nc1. The number of pyridine rings is 1. The Hall–Kier alpha value is -0.970. The quantitative estimate of drug-likeness (QED) is 0.741. The summed E-state index contributed by atoms with van der Waals surface area (Å²) in [6.07, 6.45) is 1.97. The molecule has 0 aliphatic carbocycles. The number of aromatic nitrogens is 1. The topological polar surface area (TPSA) is 37.4 Å². The summed E-state index contributed by atoms with van der Waals surface area (Å²) in [5.74, 6) is 0. The Balaban J connectivity index is 2.55. The zero-order chi connectivity index (χ0) is 14.1. The third-order valence-corrected chi connectivity index (χ3v) is 3.27. The largest absolute Gasteiger partial charge is 0.383 e. The minimum Gasteiger partial charge on any atom is -0.383 e. The molecule has 0 aliphatic rings. The fourth-order valence-corrected chi connectivity index (χ4v) is 2.06. The van der Waals surface area contributed by atoms with Gasteiger partial charge in [0.2, 0.25) is 0 Å². The van der Waals surface area contributed by atoms with E-state index in [1.807, 2.05) is 6.20 Å². The van der Waals surface area contributed by atoms with Crippen molar-refractivity contribution in [3.63, 3.8) is 0 Å². The molecular formula is C15H27N3O. The van der Waals surface area contributed by atoms with E-state index in [4.69, 9.17) is 4.74 Å². The molecule has 0 aromatic carbocycles. The molecule has 1 N–H and O–H groups in total. The maximum Gasteiger partial charge on any atom is 0.0615 e. The molecule has 0 fully saturated rings. The summed E-state index contributed by atoms with van der Waals surface area (Å²) in [5, 5.41) is 3.30. The second-order valence-corrected chi connectivity index (χ2v) is 4.81. The van der Waals surface area contributed by atoms with E-state index >= 15 is 0 Å². The third kappa shape index (κ3) is 5.68. The molecule has 1 unspecified atom stereocenters. The van der Waals surface area contributed by atoms with Gasteiger partial charge < -0.3 is 10.1 Å². The molecule has 1 rings (SSSR count).